The van der Waals surface area contributed by atoms with Crippen LogP contribution in [0.1, 0.15) is 11.1 Å². The van der Waals surface area contributed by atoms with Crippen LogP contribution in [0.2, 0.25) is 0 Å². The number of phenols is 1. The molecular formula is C16H20N2O4. The van der Waals surface area contributed by atoms with Crippen molar-refractivity contribution < 1.29 is 14.3 Å². The fourth-order valence-corrected chi connectivity index (χ4v) is 2.27. The van der Waals surface area contributed by atoms with Crippen LogP contribution in [0.4, 0.5) is 0 Å². The number of carbonyl (C=O) groups excluding carboxylic acids is 1. The second-order valence-electron chi connectivity index (χ2n) is 5.64. The highest BCUT2D eigenvalue weighted by Crippen LogP contribution is 2.27. The number of hydrogen-bond donors (Lipinski definition) is 1. The second kappa shape index (κ2) is 6.19. The first-order valence-electron chi connectivity index (χ1n) is 6.93. The highest BCUT2D eigenvalue weighted by atomic mass is 16.4. The second-order valence-corrected chi connectivity index (χ2v) is 5.64. The zero-order valence-electron chi connectivity index (χ0n) is 13.2. The van der Waals surface area contributed by atoms with Gasteiger partial charge in [0.2, 0.25) is 5.91 Å². The quantitative estimate of drug-likeness (QED) is 0.863. The first-order chi connectivity index (χ1) is 10.3. The summed E-state index contributed by atoms with van der Waals surface area (Å²) in [6, 6.07) is 4.72. The van der Waals surface area contributed by atoms with E-state index in [-0.39, 0.29) is 18.2 Å². The maximum absolute atomic E-state index is 11.7. The molecule has 2 aromatic rings. The van der Waals surface area contributed by atoms with Gasteiger partial charge in [-0.3, -0.25) is 9.69 Å². The number of hydrogen-bond acceptors (Lipinski definition) is 5. The molecule has 0 atom stereocenters. The minimum Gasteiger partial charge on any atom is -0.508 e. The third-order valence-electron chi connectivity index (χ3n) is 3.56. The number of fused-ring (bicyclic) bond motifs is 1. The van der Waals surface area contributed by atoms with Crippen molar-refractivity contribution in [2.45, 2.75) is 13.5 Å². The Morgan fingerprint density at radius 3 is 2.59 bits per heavy atom. The lowest BCUT2D eigenvalue weighted by molar-refractivity contribution is -0.129. The Labute approximate surface area is 128 Å². The van der Waals surface area contributed by atoms with Crippen LogP contribution in [0.15, 0.2) is 27.4 Å². The summed E-state index contributed by atoms with van der Waals surface area (Å²) >= 11 is 0. The van der Waals surface area contributed by atoms with Crippen molar-refractivity contribution in [2.24, 2.45) is 0 Å². The van der Waals surface area contributed by atoms with E-state index in [1.165, 1.54) is 11.0 Å². The number of nitrogens with zero attached hydrogens (tertiary/aromatic N) is 2. The Morgan fingerprint density at radius 1 is 1.27 bits per heavy atom. The van der Waals surface area contributed by atoms with Crippen molar-refractivity contribution in [1.29, 1.82) is 0 Å². The first kappa shape index (κ1) is 16.0. The van der Waals surface area contributed by atoms with E-state index in [2.05, 4.69) is 0 Å². The van der Waals surface area contributed by atoms with Crippen LogP contribution >= 0.6 is 0 Å². The zero-order valence-corrected chi connectivity index (χ0v) is 13.2. The average molecular weight is 304 g/mol. The van der Waals surface area contributed by atoms with E-state index < -0.39 is 5.63 Å². The molecule has 1 heterocycles. The van der Waals surface area contributed by atoms with Crippen molar-refractivity contribution >= 4 is 16.9 Å². The molecule has 0 aliphatic heterocycles. The van der Waals surface area contributed by atoms with Crippen molar-refractivity contribution in [3.05, 3.63) is 39.7 Å². The molecule has 1 aromatic heterocycles. The van der Waals surface area contributed by atoms with Gasteiger partial charge in [0.05, 0.1) is 6.54 Å². The van der Waals surface area contributed by atoms with E-state index in [0.717, 1.165) is 10.9 Å². The summed E-state index contributed by atoms with van der Waals surface area (Å²) in [5.74, 6) is 0.0764. The van der Waals surface area contributed by atoms with Gasteiger partial charge in [-0.2, -0.15) is 0 Å². The summed E-state index contributed by atoms with van der Waals surface area (Å²) in [6.07, 6.45) is 0. The van der Waals surface area contributed by atoms with Gasteiger partial charge in [-0.05, 0) is 31.7 Å². The van der Waals surface area contributed by atoms with Crippen molar-refractivity contribution in [3.63, 3.8) is 0 Å². The Hall–Kier alpha value is -2.34. The molecule has 1 N–H and O–H groups in total. The number of amides is 1. The third-order valence-corrected chi connectivity index (χ3v) is 3.56. The summed E-state index contributed by atoms with van der Waals surface area (Å²) < 4.78 is 5.21. The van der Waals surface area contributed by atoms with Crippen LogP contribution in [0, 0.1) is 6.92 Å². The van der Waals surface area contributed by atoms with E-state index in [4.69, 9.17) is 4.42 Å². The molecule has 0 saturated carbocycles. The summed E-state index contributed by atoms with van der Waals surface area (Å²) in [6.45, 7) is 2.39. The molecule has 6 nitrogen and oxygen atoms in total. The van der Waals surface area contributed by atoms with Crippen LogP contribution in [-0.4, -0.2) is 48.5 Å². The highest BCUT2D eigenvalue weighted by molar-refractivity contribution is 5.85. The number of phenolic OH excluding ortho intramolecular Hbond substituents is 1. The first-order valence-corrected chi connectivity index (χ1v) is 6.93. The van der Waals surface area contributed by atoms with Crippen LogP contribution in [0.5, 0.6) is 5.75 Å². The summed E-state index contributed by atoms with van der Waals surface area (Å²) in [7, 11) is 5.22. The minimum atomic E-state index is -0.469. The number of rotatable bonds is 4. The van der Waals surface area contributed by atoms with E-state index in [0.29, 0.717) is 17.7 Å². The average Bonchev–Trinajstić information content (AvgIpc) is 2.43. The third kappa shape index (κ3) is 3.28. The number of likely N-dealkylation sites (N-methyl/N-ethyl adjacent to an activating group) is 2. The number of carbonyl (C=O) groups is 1. The molecule has 0 aliphatic rings. The maximum Gasteiger partial charge on any atom is 0.336 e. The predicted octanol–water partition coefficient (Wildman–Crippen LogP) is 1.33. The monoisotopic (exact) mass is 304 g/mol. The van der Waals surface area contributed by atoms with Crippen molar-refractivity contribution in [3.8, 4) is 5.75 Å². The smallest absolute Gasteiger partial charge is 0.336 e. The van der Waals surface area contributed by atoms with Gasteiger partial charge in [0.1, 0.15) is 11.3 Å². The van der Waals surface area contributed by atoms with E-state index in [1.54, 1.807) is 33.2 Å². The summed E-state index contributed by atoms with van der Waals surface area (Å²) in [5, 5.41) is 10.5. The largest absolute Gasteiger partial charge is 0.508 e. The molecule has 6 heteroatoms. The van der Waals surface area contributed by atoms with Crippen LogP contribution in [-0.2, 0) is 11.3 Å². The maximum atomic E-state index is 11.7. The number of benzene rings is 1. The SMILES string of the molecule is Cc1c(O)ccc2c(CN(C)CC(=O)N(C)C)cc(=O)oc12. The molecule has 0 aliphatic carbocycles. The van der Waals surface area contributed by atoms with E-state index >= 15 is 0 Å². The fourth-order valence-electron chi connectivity index (χ4n) is 2.27. The van der Waals surface area contributed by atoms with Crippen molar-refractivity contribution in [1.82, 2.24) is 9.80 Å². The number of aromatic hydroxyl groups is 1. The van der Waals surface area contributed by atoms with Gasteiger partial charge in [0.15, 0.2) is 0 Å². The zero-order chi connectivity index (χ0) is 16.4. The Morgan fingerprint density at radius 2 is 1.95 bits per heavy atom. The Bertz CT molecular complexity index is 765. The lowest BCUT2D eigenvalue weighted by Gasteiger charge is -2.19. The fraction of sp³-hybridized carbons (Fsp3) is 0.375. The molecule has 0 unspecified atom stereocenters. The lowest BCUT2D eigenvalue weighted by atomic mass is 10.1. The highest BCUT2D eigenvalue weighted by Gasteiger charge is 2.14. The van der Waals surface area contributed by atoms with E-state index in [9.17, 15) is 14.7 Å². The summed E-state index contributed by atoms with van der Waals surface area (Å²) in [4.78, 5) is 26.8. The summed E-state index contributed by atoms with van der Waals surface area (Å²) in [5.41, 5.74) is 1.21. The molecule has 0 bridgehead atoms. The van der Waals surface area contributed by atoms with Gasteiger partial charge in [-0.1, -0.05) is 0 Å². The van der Waals surface area contributed by atoms with Crippen molar-refractivity contribution in [2.75, 3.05) is 27.7 Å². The van der Waals surface area contributed by atoms with E-state index in [1.807, 2.05) is 11.9 Å². The van der Waals surface area contributed by atoms with Crippen LogP contribution in [0.3, 0.4) is 0 Å². The standard InChI is InChI=1S/C16H20N2O4/c1-10-13(19)6-5-12-11(7-15(21)22-16(10)12)8-18(4)9-14(20)17(2)3/h5-7,19H,8-9H2,1-4H3. The normalized spacial score (nSPS) is 11.1. The molecule has 1 amide bonds. The Balaban J connectivity index is 2.37. The van der Waals surface area contributed by atoms with Gasteiger partial charge >= 0.3 is 5.63 Å². The molecule has 0 fully saturated rings. The van der Waals surface area contributed by atoms with Crippen LogP contribution < -0.4 is 5.63 Å². The van der Waals surface area contributed by atoms with Gasteiger partial charge in [0, 0.05) is 37.7 Å². The van der Waals surface area contributed by atoms with Gasteiger partial charge in [-0.25, -0.2) is 4.79 Å². The molecule has 0 saturated heterocycles. The van der Waals surface area contributed by atoms with Crippen LogP contribution in [0.25, 0.3) is 11.0 Å². The molecule has 22 heavy (non-hydrogen) atoms. The topological polar surface area (TPSA) is 74.0 Å². The Kier molecular flexibility index (Phi) is 4.51. The molecular weight excluding hydrogens is 284 g/mol. The number of aryl methyl sites for hydroxylation is 1. The molecule has 0 radical (unpaired) electrons. The molecule has 118 valence electrons. The molecule has 2 rings (SSSR count). The minimum absolute atomic E-state index is 0.0106. The molecule has 0 spiro atoms. The predicted molar refractivity (Wildman–Crippen MR) is 83.9 cm³/mol. The van der Waals surface area contributed by atoms with Gasteiger partial charge in [-0.15, -0.1) is 0 Å². The van der Waals surface area contributed by atoms with Gasteiger partial charge < -0.3 is 14.4 Å². The lowest BCUT2D eigenvalue weighted by Crippen LogP contribution is -2.34. The van der Waals surface area contributed by atoms with Gasteiger partial charge in [0.25, 0.3) is 0 Å². The molecule has 1 aromatic carbocycles.